The topological polar surface area (TPSA) is 128 Å². The van der Waals surface area contributed by atoms with Gasteiger partial charge in [-0.2, -0.15) is 0 Å². The van der Waals surface area contributed by atoms with Crippen molar-refractivity contribution < 1.29 is 27.9 Å². The third-order valence-electron chi connectivity index (χ3n) is 4.44. The first-order chi connectivity index (χ1) is 14.8. The van der Waals surface area contributed by atoms with Crippen LogP contribution in [0.2, 0.25) is 0 Å². The van der Waals surface area contributed by atoms with Crippen molar-refractivity contribution in [2.45, 2.75) is 13.0 Å². The number of nitrogens with zero attached hydrogens (tertiary/aromatic N) is 4. The quantitative estimate of drug-likeness (QED) is 0.401. The number of nitrogens with one attached hydrogen (secondary N) is 1. The summed E-state index contributed by atoms with van der Waals surface area (Å²) in [5.41, 5.74) is 6.01. The Kier molecular flexibility index (Phi) is 6.58. The van der Waals surface area contributed by atoms with Crippen LogP contribution >= 0.6 is 0 Å². The van der Waals surface area contributed by atoms with Gasteiger partial charge >= 0.3 is 0 Å². The lowest BCUT2D eigenvalue weighted by atomic mass is 10.0. The van der Waals surface area contributed by atoms with E-state index in [-0.39, 0.29) is 34.6 Å². The molecule has 1 aromatic carbocycles. The van der Waals surface area contributed by atoms with Crippen molar-refractivity contribution in [3.63, 3.8) is 0 Å². The van der Waals surface area contributed by atoms with E-state index in [9.17, 15) is 23.1 Å². The van der Waals surface area contributed by atoms with Crippen molar-refractivity contribution >= 4 is 23.6 Å². The van der Waals surface area contributed by atoms with Crippen LogP contribution in [0.25, 0.3) is 11.1 Å². The maximum Gasteiger partial charge on any atom is 0.267 e. The normalized spacial score (nSPS) is 13.8. The summed E-state index contributed by atoms with van der Waals surface area (Å²) in [6.07, 6.45) is -3.16. The van der Waals surface area contributed by atoms with E-state index >= 15 is 0 Å². The molecule has 1 aromatic heterocycles. The number of halogens is 3. The van der Waals surface area contributed by atoms with Crippen LogP contribution in [-0.4, -0.2) is 42.9 Å². The van der Waals surface area contributed by atoms with Gasteiger partial charge in [0, 0.05) is 22.9 Å². The average Bonchev–Trinajstić information content (AvgIpc) is 2.69. The summed E-state index contributed by atoms with van der Waals surface area (Å²) in [6.45, 7) is 0.348. The lowest BCUT2D eigenvalue weighted by Gasteiger charge is -2.34. The Bertz CT molecular complexity index is 1040. The van der Waals surface area contributed by atoms with Gasteiger partial charge in [0.1, 0.15) is 24.8 Å². The predicted molar refractivity (Wildman–Crippen MR) is 105 cm³/mol. The molecule has 1 aliphatic heterocycles. The average molecular weight is 435 g/mol. The van der Waals surface area contributed by atoms with Crippen LogP contribution in [0, 0.1) is 5.82 Å². The highest BCUT2D eigenvalue weighted by Gasteiger charge is 2.29. The van der Waals surface area contributed by atoms with Gasteiger partial charge < -0.3 is 30.7 Å². The van der Waals surface area contributed by atoms with Gasteiger partial charge in [0.15, 0.2) is 5.96 Å². The fourth-order valence-corrected chi connectivity index (χ4v) is 3.02. The molecule has 0 bridgehead atoms. The Morgan fingerprint density at radius 1 is 1.42 bits per heavy atom. The van der Waals surface area contributed by atoms with Gasteiger partial charge in [0.05, 0.1) is 30.9 Å². The number of carbonyl (C=O) groups is 1. The number of nitrogens with two attached hydrogens (primary N) is 1. The van der Waals surface area contributed by atoms with Crippen molar-refractivity contribution in [2.24, 2.45) is 15.9 Å². The number of rotatable bonds is 6. The summed E-state index contributed by atoms with van der Waals surface area (Å²) in [5, 5.41) is 15.9. The second kappa shape index (κ2) is 9.32. The largest absolute Gasteiger partial charge is 0.530 e. The molecule has 12 heteroatoms. The van der Waals surface area contributed by atoms with Gasteiger partial charge in [-0.15, -0.1) is 0 Å². The summed E-state index contributed by atoms with van der Waals surface area (Å²) >= 11 is 0. The van der Waals surface area contributed by atoms with Gasteiger partial charge in [-0.05, 0) is 6.07 Å². The molecular weight excluding hydrogens is 417 g/mol. The first kappa shape index (κ1) is 21.9. The number of hydrogen-bond donors (Lipinski definition) is 2. The zero-order valence-electron chi connectivity index (χ0n) is 16.3. The van der Waals surface area contributed by atoms with Gasteiger partial charge in [-0.1, -0.05) is 23.4 Å². The number of carbonyl (C=O) groups excluding carboxylic acids is 1. The molecule has 1 fully saturated rings. The molecule has 1 aliphatic rings. The van der Waals surface area contributed by atoms with E-state index < -0.39 is 24.3 Å². The number of alkyl halides is 2. The number of amides is 1. The molecule has 0 spiro atoms. The molecule has 0 aliphatic carbocycles. The molecule has 2 aromatic rings. The molecule has 0 saturated carbocycles. The number of pyridine rings is 1. The zero-order valence-corrected chi connectivity index (χ0v) is 16.3. The predicted octanol–water partition coefficient (Wildman–Crippen LogP) is 1.40. The third-order valence-corrected chi connectivity index (χ3v) is 4.44. The number of benzene rings is 1. The Balaban J connectivity index is 1.88. The molecule has 1 saturated heterocycles. The Hall–Kier alpha value is -3.83. The number of aliphatic imine (C=N–C) groups is 1. The van der Waals surface area contributed by atoms with Crippen molar-refractivity contribution in [3.05, 3.63) is 47.4 Å². The van der Waals surface area contributed by atoms with Crippen LogP contribution in [0.4, 0.5) is 23.8 Å². The molecule has 3 N–H and O–H groups in total. The molecule has 1 amide bonds. The minimum atomic E-state index is -2.82. The lowest BCUT2D eigenvalue weighted by Crippen LogP contribution is -2.48. The van der Waals surface area contributed by atoms with Crippen molar-refractivity contribution in [1.29, 1.82) is 0 Å². The van der Waals surface area contributed by atoms with E-state index in [1.165, 1.54) is 37.6 Å². The highest BCUT2D eigenvalue weighted by molar-refractivity contribution is 5.99. The highest BCUT2D eigenvalue weighted by atomic mass is 19.3. The Labute approximate surface area is 175 Å². The Morgan fingerprint density at radius 2 is 2.16 bits per heavy atom. The summed E-state index contributed by atoms with van der Waals surface area (Å²) in [4.78, 5) is 24.5. The van der Waals surface area contributed by atoms with Crippen LogP contribution in [0.3, 0.4) is 0 Å². The number of aromatic nitrogens is 1. The second-order valence-electron chi connectivity index (χ2n) is 6.53. The minimum Gasteiger partial charge on any atom is -0.530 e. The lowest BCUT2D eigenvalue weighted by molar-refractivity contribution is -0.248. The summed E-state index contributed by atoms with van der Waals surface area (Å²) in [6, 6.07) is 5.55. The van der Waals surface area contributed by atoms with E-state index in [2.05, 4.69) is 20.0 Å². The number of oxime groups is 1. The smallest absolute Gasteiger partial charge is 0.267 e. The molecule has 0 unspecified atom stereocenters. The van der Waals surface area contributed by atoms with Crippen molar-refractivity contribution in [3.8, 4) is 11.1 Å². The van der Waals surface area contributed by atoms with Crippen LogP contribution < -0.4 is 21.1 Å². The van der Waals surface area contributed by atoms with E-state index in [1.54, 1.807) is 10.2 Å². The molecule has 164 valence electrons. The number of carboxylic acid groups (broad SMARTS) is 1. The van der Waals surface area contributed by atoms with Crippen LogP contribution in [0.5, 0.6) is 0 Å². The Morgan fingerprint density at radius 3 is 2.81 bits per heavy atom. The monoisotopic (exact) mass is 435 g/mol. The molecule has 31 heavy (non-hydrogen) atoms. The van der Waals surface area contributed by atoms with Crippen LogP contribution in [0.15, 0.2) is 40.6 Å². The fourth-order valence-electron chi connectivity index (χ4n) is 3.02. The molecule has 0 radical (unpaired) electrons. The first-order valence-electron chi connectivity index (χ1n) is 8.97. The fraction of sp³-hybridized carbons (Fsp3) is 0.263. The minimum absolute atomic E-state index is 0.0466. The van der Waals surface area contributed by atoms with E-state index in [0.717, 1.165) is 0 Å². The molecule has 9 nitrogen and oxygen atoms in total. The maximum absolute atomic E-state index is 15.0. The SMILES string of the molecule is CON=C1CN(c2ncc(-c3cccc(CN=C(N)NC(=O)[O-])c3F)cc2C(F)F)C1. The van der Waals surface area contributed by atoms with E-state index in [0.29, 0.717) is 18.8 Å². The number of anilines is 1. The summed E-state index contributed by atoms with van der Waals surface area (Å²) < 4.78 is 42.3. The van der Waals surface area contributed by atoms with Gasteiger partial charge in [0.25, 0.3) is 6.43 Å². The van der Waals surface area contributed by atoms with Crippen LogP contribution in [0.1, 0.15) is 17.6 Å². The van der Waals surface area contributed by atoms with Crippen molar-refractivity contribution in [2.75, 3.05) is 25.1 Å². The van der Waals surface area contributed by atoms with Crippen LogP contribution in [-0.2, 0) is 11.4 Å². The van der Waals surface area contributed by atoms with Gasteiger partial charge in [-0.3, -0.25) is 0 Å². The zero-order chi connectivity index (χ0) is 22.5. The first-order valence-corrected chi connectivity index (χ1v) is 8.97. The number of hydrogen-bond acceptors (Lipinski definition) is 7. The number of guanidine groups is 1. The second-order valence-corrected chi connectivity index (χ2v) is 6.53. The molecule has 0 atom stereocenters. The van der Waals surface area contributed by atoms with E-state index in [4.69, 9.17) is 5.73 Å². The van der Waals surface area contributed by atoms with Gasteiger partial charge in [0.2, 0.25) is 0 Å². The molecule has 3 rings (SSSR count). The van der Waals surface area contributed by atoms with E-state index in [1.807, 2.05) is 0 Å². The van der Waals surface area contributed by atoms with Crippen molar-refractivity contribution in [1.82, 2.24) is 10.3 Å². The highest BCUT2D eigenvalue weighted by Crippen LogP contribution is 2.34. The molecule has 2 heterocycles. The summed E-state index contributed by atoms with van der Waals surface area (Å²) in [5.74, 6) is -1.07. The summed E-state index contributed by atoms with van der Waals surface area (Å²) in [7, 11) is 1.40. The third kappa shape index (κ3) is 5.02. The van der Waals surface area contributed by atoms with Gasteiger partial charge in [-0.25, -0.2) is 23.1 Å². The standard InChI is InChI=1S/C19H19F3N6O3/c1-31-27-12-8-28(9-12)17-14(16(21)22)5-11(7-24-17)13-4-2-3-10(15(13)20)6-25-18(23)26-19(29)30/h2-5,7,16H,6,8-9H2,1H3,(H,29,30)(H3,23,25,26)/p-1. The molecular formula is C19H18F3N6O3-. The maximum atomic E-state index is 15.0.